The van der Waals surface area contributed by atoms with Crippen molar-refractivity contribution in [2.75, 3.05) is 20.3 Å². The molecule has 0 aliphatic rings. The number of carbonyl (C=O) groups is 1. The lowest BCUT2D eigenvalue weighted by Crippen LogP contribution is -1.99. The standard InChI is InChI=1S/C22H23ClN2O3/c1-15(26)20-21(16-5-9-18(23)10-6-16)25-22(24-20)17-7-11-19(12-8-17)28-14-4-3-13-27-2/h5-12H,3-4,13-14H2,1-2H3,(H,24,25). The summed E-state index contributed by atoms with van der Waals surface area (Å²) in [5, 5.41) is 0.640. The van der Waals surface area contributed by atoms with Crippen LogP contribution in [0.4, 0.5) is 0 Å². The number of hydrogen-bond acceptors (Lipinski definition) is 4. The number of carbonyl (C=O) groups excluding carboxylic acids is 1. The van der Waals surface area contributed by atoms with Crippen LogP contribution in [0.15, 0.2) is 48.5 Å². The molecule has 0 aliphatic heterocycles. The third kappa shape index (κ3) is 5.00. The van der Waals surface area contributed by atoms with E-state index >= 15 is 0 Å². The van der Waals surface area contributed by atoms with Crippen LogP contribution in [0.3, 0.4) is 0 Å². The number of methoxy groups -OCH3 is 1. The fraction of sp³-hybridized carbons (Fsp3) is 0.273. The van der Waals surface area contributed by atoms with Crippen LogP contribution in [-0.2, 0) is 4.74 Å². The molecule has 6 heteroatoms. The first-order valence-electron chi connectivity index (χ1n) is 9.17. The van der Waals surface area contributed by atoms with Gasteiger partial charge in [-0.1, -0.05) is 23.7 Å². The van der Waals surface area contributed by atoms with Crippen molar-refractivity contribution in [1.29, 1.82) is 0 Å². The molecule has 0 unspecified atom stereocenters. The molecule has 0 spiro atoms. The first-order valence-corrected chi connectivity index (χ1v) is 9.55. The number of ketones is 1. The Kier molecular flexibility index (Phi) is 6.85. The molecule has 3 rings (SSSR count). The summed E-state index contributed by atoms with van der Waals surface area (Å²) in [5.74, 6) is 1.37. The Labute approximate surface area is 169 Å². The van der Waals surface area contributed by atoms with E-state index in [0.29, 0.717) is 28.8 Å². The van der Waals surface area contributed by atoms with Gasteiger partial charge in [-0.15, -0.1) is 0 Å². The molecule has 1 aromatic heterocycles. The van der Waals surface area contributed by atoms with Gasteiger partial charge in [-0.3, -0.25) is 4.79 Å². The van der Waals surface area contributed by atoms with Gasteiger partial charge in [0, 0.05) is 36.8 Å². The smallest absolute Gasteiger partial charge is 0.178 e. The molecular weight excluding hydrogens is 376 g/mol. The Morgan fingerprint density at radius 2 is 1.64 bits per heavy atom. The molecule has 1 N–H and O–H groups in total. The molecule has 0 fully saturated rings. The van der Waals surface area contributed by atoms with Crippen molar-refractivity contribution in [1.82, 2.24) is 9.97 Å². The maximum absolute atomic E-state index is 12.1. The first kappa shape index (κ1) is 20.1. The number of hydrogen-bond donors (Lipinski definition) is 1. The van der Waals surface area contributed by atoms with Gasteiger partial charge in [-0.25, -0.2) is 4.98 Å². The Hall–Kier alpha value is -2.63. The van der Waals surface area contributed by atoms with Crippen molar-refractivity contribution >= 4 is 17.4 Å². The number of benzene rings is 2. The van der Waals surface area contributed by atoms with E-state index in [1.54, 1.807) is 19.2 Å². The van der Waals surface area contributed by atoms with E-state index in [9.17, 15) is 4.79 Å². The number of H-pyrrole nitrogens is 1. The van der Waals surface area contributed by atoms with E-state index in [-0.39, 0.29) is 5.78 Å². The van der Waals surface area contributed by atoms with Crippen LogP contribution in [0.25, 0.3) is 22.6 Å². The molecule has 146 valence electrons. The van der Waals surface area contributed by atoms with E-state index < -0.39 is 0 Å². The minimum Gasteiger partial charge on any atom is -0.494 e. The summed E-state index contributed by atoms with van der Waals surface area (Å²) in [6.45, 7) is 2.92. The minimum atomic E-state index is -0.0697. The number of ether oxygens (including phenoxy) is 2. The molecule has 0 amide bonds. The first-order chi connectivity index (χ1) is 13.6. The molecule has 0 aliphatic carbocycles. The summed E-state index contributed by atoms with van der Waals surface area (Å²) >= 11 is 5.97. The number of aromatic nitrogens is 2. The van der Waals surface area contributed by atoms with Crippen molar-refractivity contribution in [3.8, 4) is 28.4 Å². The van der Waals surface area contributed by atoms with Gasteiger partial charge in [-0.05, 0) is 49.2 Å². The van der Waals surface area contributed by atoms with Gasteiger partial charge in [0.25, 0.3) is 0 Å². The van der Waals surface area contributed by atoms with E-state index in [0.717, 1.165) is 36.3 Å². The lowest BCUT2D eigenvalue weighted by molar-refractivity contribution is 0.101. The van der Waals surface area contributed by atoms with E-state index in [1.165, 1.54) is 6.92 Å². The number of nitrogens with one attached hydrogen (secondary N) is 1. The Bertz CT molecular complexity index is 918. The normalized spacial score (nSPS) is 10.8. The number of halogens is 1. The number of Topliss-reactive ketones (excluding diaryl/α,β-unsaturated/α-hetero) is 1. The summed E-state index contributed by atoms with van der Waals surface area (Å²) in [6, 6.07) is 15.0. The van der Waals surface area contributed by atoms with Gasteiger partial charge in [0.05, 0.1) is 12.3 Å². The second kappa shape index (κ2) is 9.53. The number of aromatic amines is 1. The Morgan fingerprint density at radius 1 is 1.00 bits per heavy atom. The highest BCUT2D eigenvalue weighted by molar-refractivity contribution is 6.30. The maximum atomic E-state index is 12.1. The van der Waals surface area contributed by atoms with Crippen LogP contribution in [0.5, 0.6) is 5.75 Å². The third-order valence-electron chi connectivity index (χ3n) is 4.31. The highest BCUT2D eigenvalue weighted by Gasteiger charge is 2.16. The molecule has 5 nitrogen and oxygen atoms in total. The average molecular weight is 399 g/mol. The number of rotatable bonds is 9. The Balaban J connectivity index is 1.77. The largest absolute Gasteiger partial charge is 0.494 e. The summed E-state index contributed by atoms with van der Waals surface area (Å²) in [7, 11) is 1.70. The lowest BCUT2D eigenvalue weighted by atomic mass is 10.1. The van der Waals surface area contributed by atoms with Crippen molar-refractivity contribution < 1.29 is 14.3 Å². The van der Waals surface area contributed by atoms with Crippen molar-refractivity contribution in [2.24, 2.45) is 0 Å². The molecule has 0 bridgehead atoms. The zero-order valence-corrected chi connectivity index (χ0v) is 16.8. The molecule has 0 saturated carbocycles. The van der Waals surface area contributed by atoms with Crippen molar-refractivity contribution in [3.63, 3.8) is 0 Å². The third-order valence-corrected chi connectivity index (χ3v) is 4.56. The molecule has 2 aromatic carbocycles. The van der Waals surface area contributed by atoms with Gasteiger partial charge in [-0.2, -0.15) is 0 Å². The molecule has 0 saturated heterocycles. The molecule has 3 aromatic rings. The minimum absolute atomic E-state index is 0.0697. The second-order valence-corrected chi connectivity index (χ2v) is 6.88. The zero-order chi connectivity index (χ0) is 19.9. The monoisotopic (exact) mass is 398 g/mol. The summed E-state index contributed by atoms with van der Waals surface area (Å²) in [5.41, 5.74) is 2.83. The lowest BCUT2D eigenvalue weighted by Gasteiger charge is -2.06. The van der Waals surface area contributed by atoms with Crippen molar-refractivity contribution in [3.05, 3.63) is 59.2 Å². The van der Waals surface area contributed by atoms with Crippen LogP contribution < -0.4 is 4.74 Å². The number of nitrogens with zero attached hydrogens (tertiary/aromatic N) is 1. The number of unbranched alkanes of at least 4 members (excludes halogenated alkanes) is 1. The van der Waals surface area contributed by atoms with Crippen molar-refractivity contribution in [2.45, 2.75) is 19.8 Å². The van der Waals surface area contributed by atoms with Crippen LogP contribution in [0.2, 0.25) is 5.02 Å². The summed E-state index contributed by atoms with van der Waals surface area (Å²) < 4.78 is 10.8. The highest BCUT2D eigenvalue weighted by atomic mass is 35.5. The quantitative estimate of drug-likeness (QED) is 0.387. The second-order valence-electron chi connectivity index (χ2n) is 6.44. The van der Waals surface area contributed by atoms with E-state index in [2.05, 4.69) is 9.97 Å². The molecule has 1 heterocycles. The van der Waals surface area contributed by atoms with Crippen LogP contribution in [-0.4, -0.2) is 36.1 Å². The van der Waals surface area contributed by atoms with Gasteiger partial charge < -0.3 is 14.5 Å². The average Bonchev–Trinajstić information content (AvgIpc) is 3.15. The Morgan fingerprint density at radius 3 is 2.29 bits per heavy atom. The molecular formula is C22H23ClN2O3. The zero-order valence-electron chi connectivity index (χ0n) is 16.0. The molecule has 0 atom stereocenters. The fourth-order valence-corrected chi connectivity index (χ4v) is 2.95. The van der Waals surface area contributed by atoms with Crippen LogP contribution in [0.1, 0.15) is 30.3 Å². The van der Waals surface area contributed by atoms with Gasteiger partial charge in [0.1, 0.15) is 17.3 Å². The molecule has 28 heavy (non-hydrogen) atoms. The topological polar surface area (TPSA) is 64.2 Å². The van der Waals surface area contributed by atoms with Crippen LogP contribution in [0, 0.1) is 0 Å². The highest BCUT2D eigenvalue weighted by Crippen LogP contribution is 2.28. The fourth-order valence-electron chi connectivity index (χ4n) is 2.83. The van der Waals surface area contributed by atoms with E-state index in [1.807, 2.05) is 36.4 Å². The van der Waals surface area contributed by atoms with Crippen LogP contribution >= 0.6 is 11.6 Å². The maximum Gasteiger partial charge on any atom is 0.178 e. The predicted octanol–water partition coefficient (Wildman–Crippen LogP) is 5.41. The number of imidazole rings is 1. The van der Waals surface area contributed by atoms with E-state index in [4.69, 9.17) is 21.1 Å². The molecule has 0 radical (unpaired) electrons. The van der Waals surface area contributed by atoms with Gasteiger partial charge in [0.15, 0.2) is 5.78 Å². The van der Waals surface area contributed by atoms with Gasteiger partial charge >= 0.3 is 0 Å². The predicted molar refractivity (Wildman–Crippen MR) is 111 cm³/mol. The summed E-state index contributed by atoms with van der Waals surface area (Å²) in [6.07, 6.45) is 1.92. The SMILES string of the molecule is COCCCCOc1ccc(-c2nc(-c3ccc(Cl)cc3)c(C(C)=O)[nH]2)cc1. The van der Waals surface area contributed by atoms with Gasteiger partial charge in [0.2, 0.25) is 0 Å². The summed E-state index contributed by atoms with van der Waals surface area (Å²) in [4.78, 5) is 19.9.